The van der Waals surface area contributed by atoms with Gasteiger partial charge in [0.25, 0.3) is 0 Å². The van der Waals surface area contributed by atoms with E-state index in [9.17, 15) is 4.79 Å². The van der Waals surface area contributed by atoms with Crippen molar-refractivity contribution in [3.8, 4) is 0 Å². The molecule has 1 aromatic heterocycles. The molecule has 1 fully saturated rings. The fourth-order valence-electron chi connectivity index (χ4n) is 6.03. The van der Waals surface area contributed by atoms with Crippen LogP contribution in [0, 0.1) is 29.6 Å². The normalized spacial score (nSPS) is 32.0. The lowest BCUT2D eigenvalue weighted by atomic mass is 9.51. The number of fused-ring (bicyclic) bond motifs is 2. The van der Waals surface area contributed by atoms with E-state index in [-0.39, 0.29) is 17.3 Å². The molecule has 2 aliphatic rings. The number of halogens is 1. The summed E-state index contributed by atoms with van der Waals surface area (Å²) in [5.41, 5.74) is 4.95. The third kappa shape index (κ3) is 3.10. The molecule has 0 unspecified atom stereocenters. The number of ether oxygens (including phenoxy) is 1. The number of aromatic amines is 1. The Bertz CT molecular complexity index is 990. The molecule has 0 aliphatic heterocycles. The van der Waals surface area contributed by atoms with Gasteiger partial charge in [0, 0.05) is 15.6 Å². The molecule has 1 aromatic carbocycles. The second-order valence-electron chi connectivity index (χ2n) is 9.62. The van der Waals surface area contributed by atoms with Crippen LogP contribution in [0.2, 0.25) is 0 Å². The van der Waals surface area contributed by atoms with Gasteiger partial charge >= 0.3 is 5.97 Å². The van der Waals surface area contributed by atoms with Crippen LogP contribution in [-0.4, -0.2) is 18.1 Å². The zero-order valence-electron chi connectivity index (χ0n) is 18.2. The molecule has 0 amide bonds. The molecule has 0 saturated heterocycles. The van der Waals surface area contributed by atoms with Crippen molar-refractivity contribution in [1.29, 1.82) is 0 Å². The van der Waals surface area contributed by atoms with Crippen molar-refractivity contribution in [2.45, 2.75) is 59.8 Å². The molecule has 1 N–H and O–H groups in total. The number of carbonyl (C=O) groups excluding carboxylic acids is 1. The summed E-state index contributed by atoms with van der Waals surface area (Å²) in [5.74, 6) is 0.806. The minimum absolute atomic E-state index is 0.0425. The Hall–Kier alpha value is -1.55. The molecule has 4 atom stereocenters. The number of nitrogens with one attached hydrogen (secondary N) is 1. The summed E-state index contributed by atoms with van der Waals surface area (Å²) < 4.78 is 6.37. The van der Waals surface area contributed by atoms with Gasteiger partial charge in [-0.25, -0.2) is 0 Å². The molecule has 3 nitrogen and oxygen atoms in total. The number of esters is 1. The maximum atomic E-state index is 12.8. The van der Waals surface area contributed by atoms with E-state index in [1.807, 2.05) is 0 Å². The molecule has 2 aliphatic carbocycles. The van der Waals surface area contributed by atoms with Crippen molar-refractivity contribution in [2.24, 2.45) is 22.7 Å². The number of benzene rings is 1. The fraction of sp³-hybridized carbons (Fsp3) is 0.560. The summed E-state index contributed by atoms with van der Waals surface area (Å²) in [6.07, 6.45) is 7.51. The number of H-pyrrole nitrogens is 1. The summed E-state index contributed by atoms with van der Waals surface area (Å²) in [4.78, 5) is 16.4. The summed E-state index contributed by atoms with van der Waals surface area (Å²) in [6, 6.07) is 6.43. The van der Waals surface area contributed by atoms with Crippen LogP contribution >= 0.6 is 15.9 Å². The fourth-order valence-corrected chi connectivity index (χ4v) is 6.49. The maximum absolute atomic E-state index is 12.8. The van der Waals surface area contributed by atoms with E-state index in [4.69, 9.17) is 4.74 Å². The largest absolute Gasteiger partial charge is 0.469 e. The van der Waals surface area contributed by atoms with Gasteiger partial charge in [0.15, 0.2) is 0 Å². The first kappa shape index (κ1) is 20.7. The Labute approximate surface area is 182 Å². The molecule has 4 rings (SSSR count). The second kappa shape index (κ2) is 7.30. The molecule has 1 saturated carbocycles. The molecule has 156 valence electrons. The van der Waals surface area contributed by atoms with Gasteiger partial charge < -0.3 is 9.72 Å². The Morgan fingerprint density at radius 1 is 1.31 bits per heavy atom. The number of carbonyl (C=O) groups is 1. The van der Waals surface area contributed by atoms with Gasteiger partial charge in [0.1, 0.15) is 0 Å². The topological polar surface area (TPSA) is 42.1 Å². The van der Waals surface area contributed by atoms with E-state index in [2.05, 4.69) is 72.9 Å². The van der Waals surface area contributed by atoms with Gasteiger partial charge in [0.05, 0.1) is 18.0 Å². The lowest BCUT2D eigenvalue weighted by Gasteiger charge is -2.53. The SMILES string of the molecule is COC(=O)[C@@]1(C)CCC=C2[C@@H]1CC[C@@H](C)[C@]2(C)Cc1c(C)[nH]c2c(Br)cccc12. The van der Waals surface area contributed by atoms with E-state index in [1.165, 1.54) is 34.8 Å². The summed E-state index contributed by atoms with van der Waals surface area (Å²) >= 11 is 3.69. The van der Waals surface area contributed by atoms with Crippen molar-refractivity contribution >= 4 is 32.8 Å². The van der Waals surface area contributed by atoms with Crippen molar-refractivity contribution < 1.29 is 9.53 Å². The first-order chi connectivity index (χ1) is 13.7. The van der Waals surface area contributed by atoms with E-state index in [0.717, 1.165) is 36.6 Å². The van der Waals surface area contributed by atoms with Crippen LogP contribution in [0.3, 0.4) is 0 Å². The highest BCUT2D eigenvalue weighted by atomic mass is 79.9. The van der Waals surface area contributed by atoms with Crippen LogP contribution < -0.4 is 0 Å². The van der Waals surface area contributed by atoms with Gasteiger partial charge in [-0.15, -0.1) is 0 Å². The Morgan fingerprint density at radius 2 is 2.07 bits per heavy atom. The maximum Gasteiger partial charge on any atom is 0.312 e. The number of aryl methyl sites for hydroxylation is 1. The zero-order chi connectivity index (χ0) is 21.0. The van der Waals surface area contributed by atoms with Crippen molar-refractivity contribution in [3.63, 3.8) is 0 Å². The molecular formula is C25H32BrNO2. The van der Waals surface area contributed by atoms with E-state index < -0.39 is 5.41 Å². The van der Waals surface area contributed by atoms with Crippen LogP contribution in [-0.2, 0) is 16.0 Å². The Balaban J connectivity index is 1.79. The number of hydrogen-bond donors (Lipinski definition) is 1. The number of aromatic nitrogens is 1. The van der Waals surface area contributed by atoms with E-state index >= 15 is 0 Å². The number of para-hydroxylation sites is 1. The van der Waals surface area contributed by atoms with Crippen LogP contribution in [0.15, 0.2) is 34.3 Å². The lowest BCUT2D eigenvalue weighted by Crippen LogP contribution is -2.48. The smallest absolute Gasteiger partial charge is 0.312 e. The third-order valence-electron chi connectivity index (χ3n) is 8.11. The third-order valence-corrected chi connectivity index (χ3v) is 8.77. The number of methoxy groups -OCH3 is 1. The van der Waals surface area contributed by atoms with Gasteiger partial charge in [-0.1, -0.05) is 37.6 Å². The van der Waals surface area contributed by atoms with E-state index in [0.29, 0.717) is 5.92 Å². The number of allylic oxidation sites excluding steroid dienone is 2. The van der Waals surface area contributed by atoms with Gasteiger partial charge in [-0.05, 0) is 90.8 Å². The Morgan fingerprint density at radius 3 is 2.79 bits per heavy atom. The highest BCUT2D eigenvalue weighted by molar-refractivity contribution is 9.10. The first-order valence-corrected chi connectivity index (χ1v) is 11.6. The van der Waals surface area contributed by atoms with Crippen molar-refractivity contribution in [2.75, 3.05) is 7.11 Å². The van der Waals surface area contributed by atoms with Gasteiger partial charge in [0.2, 0.25) is 0 Å². The van der Waals surface area contributed by atoms with E-state index in [1.54, 1.807) is 0 Å². The van der Waals surface area contributed by atoms with Crippen LogP contribution in [0.1, 0.15) is 57.7 Å². The standard InChI is InChI=1S/C25H32BrNO2/c1-15-11-12-20-19(9-7-13-24(20,3)23(28)29-5)25(15,4)14-18-16(2)27-22-17(18)8-6-10-21(22)26/h6,8-10,15,20,27H,7,11-14H2,1-5H3/t15-,20+,24+,25+/m1/s1. The summed E-state index contributed by atoms with van der Waals surface area (Å²) in [6.45, 7) is 9.13. The molecule has 29 heavy (non-hydrogen) atoms. The lowest BCUT2D eigenvalue weighted by molar-refractivity contribution is -0.156. The molecule has 0 radical (unpaired) electrons. The molecule has 1 heterocycles. The zero-order valence-corrected chi connectivity index (χ0v) is 19.8. The van der Waals surface area contributed by atoms with Crippen LogP contribution in [0.5, 0.6) is 0 Å². The second-order valence-corrected chi connectivity index (χ2v) is 10.5. The first-order valence-electron chi connectivity index (χ1n) is 10.8. The highest BCUT2D eigenvalue weighted by Gasteiger charge is 2.53. The van der Waals surface area contributed by atoms with Crippen LogP contribution in [0.25, 0.3) is 10.9 Å². The Kier molecular flexibility index (Phi) is 5.21. The molecule has 4 heteroatoms. The average Bonchev–Trinajstić information content (AvgIpc) is 3.01. The van der Waals surface area contributed by atoms with Crippen LogP contribution in [0.4, 0.5) is 0 Å². The van der Waals surface area contributed by atoms with Crippen molar-refractivity contribution in [1.82, 2.24) is 4.98 Å². The minimum Gasteiger partial charge on any atom is -0.469 e. The molecular weight excluding hydrogens is 426 g/mol. The monoisotopic (exact) mass is 457 g/mol. The highest BCUT2D eigenvalue weighted by Crippen LogP contribution is 2.58. The van der Waals surface area contributed by atoms with Gasteiger partial charge in [-0.3, -0.25) is 4.79 Å². The molecule has 0 bridgehead atoms. The molecule has 2 aromatic rings. The number of rotatable bonds is 3. The van der Waals surface area contributed by atoms with Crippen molar-refractivity contribution in [3.05, 3.63) is 45.6 Å². The quantitative estimate of drug-likeness (QED) is 0.409. The molecule has 0 spiro atoms. The number of hydrogen-bond acceptors (Lipinski definition) is 2. The predicted octanol–water partition coefficient (Wildman–Crippen LogP) is 6.73. The van der Waals surface area contributed by atoms with Gasteiger partial charge in [-0.2, -0.15) is 0 Å². The minimum atomic E-state index is -0.404. The predicted molar refractivity (Wildman–Crippen MR) is 122 cm³/mol. The summed E-state index contributed by atoms with van der Waals surface area (Å²) in [7, 11) is 1.53. The average molecular weight is 458 g/mol. The summed E-state index contributed by atoms with van der Waals surface area (Å²) in [5, 5.41) is 1.31.